The number of benzene rings is 2. The quantitative estimate of drug-likeness (QED) is 0.902. The lowest BCUT2D eigenvalue weighted by Gasteiger charge is -2.29. The van der Waals surface area contributed by atoms with E-state index in [1.165, 1.54) is 6.92 Å². The molecule has 0 aliphatic heterocycles. The maximum Gasteiger partial charge on any atom is 0.247 e. The fourth-order valence-electron chi connectivity index (χ4n) is 1.95. The van der Waals surface area contributed by atoms with Gasteiger partial charge >= 0.3 is 0 Å². The Labute approximate surface area is 115 Å². The molecule has 1 atom stereocenters. The first-order valence-corrected chi connectivity index (χ1v) is 6.02. The predicted octanol–water partition coefficient (Wildman–Crippen LogP) is 2.78. The number of primary amides is 1. The van der Waals surface area contributed by atoms with E-state index in [1.807, 2.05) is 0 Å². The SMILES string of the molecule is CC(Nc1ccccc1)(C(N)=O)c1cc(F)ccc1F. The lowest BCUT2D eigenvalue weighted by Crippen LogP contribution is -2.45. The molecule has 0 saturated carbocycles. The van der Waals surface area contributed by atoms with E-state index < -0.39 is 23.1 Å². The number of para-hydroxylation sites is 1. The van der Waals surface area contributed by atoms with Gasteiger partial charge in [-0.1, -0.05) is 18.2 Å². The second kappa shape index (κ2) is 5.28. The van der Waals surface area contributed by atoms with Crippen LogP contribution in [-0.2, 0) is 10.3 Å². The van der Waals surface area contributed by atoms with E-state index in [-0.39, 0.29) is 5.56 Å². The predicted molar refractivity (Wildman–Crippen MR) is 73.0 cm³/mol. The maximum absolute atomic E-state index is 13.9. The molecule has 1 amide bonds. The van der Waals surface area contributed by atoms with Crippen molar-refractivity contribution in [1.29, 1.82) is 0 Å². The molecule has 0 aliphatic rings. The van der Waals surface area contributed by atoms with Crippen LogP contribution in [0.1, 0.15) is 12.5 Å². The van der Waals surface area contributed by atoms with Gasteiger partial charge in [-0.15, -0.1) is 0 Å². The summed E-state index contributed by atoms with van der Waals surface area (Å²) in [6.07, 6.45) is 0. The van der Waals surface area contributed by atoms with E-state index in [2.05, 4.69) is 5.32 Å². The van der Waals surface area contributed by atoms with Gasteiger partial charge in [0.25, 0.3) is 0 Å². The Hall–Kier alpha value is -2.43. The molecule has 0 fully saturated rings. The summed E-state index contributed by atoms with van der Waals surface area (Å²) < 4.78 is 27.2. The molecule has 2 aromatic carbocycles. The van der Waals surface area contributed by atoms with E-state index in [1.54, 1.807) is 30.3 Å². The van der Waals surface area contributed by atoms with Crippen LogP contribution in [-0.4, -0.2) is 5.91 Å². The molecule has 0 aromatic heterocycles. The summed E-state index contributed by atoms with van der Waals surface area (Å²) in [6.45, 7) is 1.42. The van der Waals surface area contributed by atoms with Gasteiger partial charge < -0.3 is 11.1 Å². The van der Waals surface area contributed by atoms with Gasteiger partial charge in [0.05, 0.1) is 0 Å². The zero-order valence-electron chi connectivity index (χ0n) is 10.9. The molecule has 104 valence electrons. The van der Waals surface area contributed by atoms with Crippen molar-refractivity contribution in [2.75, 3.05) is 5.32 Å². The molecule has 3 nitrogen and oxygen atoms in total. The third-order valence-corrected chi connectivity index (χ3v) is 3.13. The Kier molecular flexibility index (Phi) is 3.70. The third-order valence-electron chi connectivity index (χ3n) is 3.13. The fraction of sp³-hybridized carbons (Fsp3) is 0.133. The first kappa shape index (κ1) is 14.0. The smallest absolute Gasteiger partial charge is 0.247 e. The highest BCUT2D eigenvalue weighted by Crippen LogP contribution is 2.28. The highest BCUT2D eigenvalue weighted by Gasteiger charge is 2.36. The van der Waals surface area contributed by atoms with Gasteiger partial charge in [-0.05, 0) is 37.3 Å². The molecule has 20 heavy (non-hydrogen) atoms. The van der Waals surface area contributed by atoms with E-state index >= 15 is 0 Å². The van der Waals surface area contributed by atoms with Crippen LogP contribution >= 0.6 is 0 Å². The molecule has 0 aliphatic carbocycles. The number of amides is 1. The van der Waals surface area contributed by atoms with Crippen LogP contribution in [0.5, 0.6) is 0 Å². The van der Waals surface area contributed by atoms with Crippen molar-refractivity contribution in [2.45, 2.75) is 12.5 Å². The fourth-order valence-corrected chi connectivity index (χ4v) is 1.95. The summed E-state index contributed by atoms with van der Waals surface area (Å²) in [5.74, 6) is -2.13. The molecule has 2 rings (SSSR count). The standard InChI is InChI=1S/C15H14F2N2O/c1-15(14(18)20,19-11-5-3-2-4-6-11)12-9-10(16)7-8-13(12)17/h2-9,19H,1H3,(H2,18,20). The highest BCUT2D eigenvalue weighted by molar-refractivity contribution is 5.89. The molecule has 0 heterocycles. The van der Waals surface area contributed by atoms with Gasteiger partial charge in [0.2, 0.25) is 5.91 Å². The number of hydrogen-bond donors (Lipinski definition) is 2. The minimum atomic E-state index is -1.55. The lowest BCUT2D eigenvalue weighted by molar-refractivity contribution is -0.122. The molecule has 2 aromatic rings. The van der Waals surface area contributed by atoms with E-state index in [9.17, 15) is 13.6 Å². The number of carbonyl (C=O) groups excluding carboxylic acids is 1. The van der Waals surface area contributed by atoms with Crippen molar-refractivity contribution in [3.63, 3.8) is 0 Å². The number of rotatable bonds is 4. The zero-order chi connectivity index (χ0) is 14.8. The van der Waals surface area contributed by atoms with E-state index in [0.717, 1.165) is 18.2 Å². The maximum atomic E-state index is 13.9. The van der Waals surface area contributed by atoms with E-state index in [0.29, 0.717) is 5.69 Å². The normalized spacial score (nSPS) is 13.6. The highest BCUT2D eigenvalue weighted by atomic mass is 19.1. The number of carbonyl (C=O) groups is 1. The summed E-state index contributed by atoms with van der Waals surface area (Å²) in [5.41, 5.74) is 4.28. The molecule has 3 N–H and O–H groups in total. The minimum absolute atomic E-state index is 0.131. The zero-order valence-corrected chi connectivity index (χ0v) is 10.9. The average molecular weight is 276 g/mol. The van der Waals surface area contributed by atoms with Crippen LogP contribution in [0.25, 0.3) is 0 Å². The molecular formula is C15H14F2N2O. The molecule has 0 spiro atoms. The largest absolute Gasteiger partial charge is 0.368 e. The number of hydrogen-bond acceptors (Lipinski definition) is 2. The Morgan fingerprint density at radius 2 is 1.80 bits per heavy atom. The average Bonchev–Trinajstić information content (AvgIpc) is 2.42. The Morgan fingerprint density at radius 1 is 1.15 bits per heavy atom. The summed E-state index contributed by atoms with van der Waals surface area (Å²) in [7, 11) is 0. The van der Waals surface area contributed by atoms with Gasteiger partial charge in [-0.3, -0.25) is 4.79 Å². The molecule has 0 radical (unpaired) electrons. The Morgan fingerprint density at radius 3 is 2.40 bits per heavy atom. The number of nitrogens with two attached hydrogens (primary N) is 1. The van der Waals surface area contributed by atoms with Crippen molar-refractivity contribution < 1.29 is 13.6 Å². The second-order valence-electron chi connectivity index (χ2n) is 4.60. The summed E-state index contributed by atoms with van der Waals surface area (Å²) in [4.78, 5) is 11.8. The minimum Gasteiger partial charge on any atom is -0.368 e. The molecule has 0 saturated heterocycles. The first-order valence-electron chi connectivity index (χ1n) is 6.02. The van der Waals surface area contributed by atoms with Crippen LogP contribution in [0, 0.1) is 11.6 Å². The van der Waals surface area contributed by atoms with Crippen molar-refractivity contribution in [3.05, 3.63) is 65.7 Å². The lowest BCUT2D eigenvalue weighted by atomic mass is 9.90. The third kappa shape index (κ3) is 2.61. The Bertz CT molecular complexity index is 631. The Balaban J connectivity index is 2.49. The molecule has 5 heteroatoms. The molecule has 0 bridgehead atoms. The van der Waals surface area contributed by atoms with Crippen molar-refractivity contribution in [1.82, 2.24) is 0 Å². The summed E-state index contributed by atoms with van der Waals surface area (Å²) in [5, 5.41) is 2.86. The van der Waals surface area contributed by atoms with Crippen LogP contribution in [0.15, 0.2) is 48.5 Å². The van der Waals surface area contributed by atoms with Crippen molar-refractivity contribution in [2.24, 2.45) is 5.73 Å². The monoisotopic (exact) mass is 276 g/mol. The number of anilines is 1. The van der Waals surface area contributed by atoms with Gasteiger partial charge in [0.15, 0.2) is 0 Å². The number of halogens is 2. The molecule has 1 unspecified atom stereocenters. The van der Waals surface area contributed by atoms with Gasteiger partial charge in [0.1, 0.15) is 17.2 Å². The summed E-state index contributed by atoms with van der Waals surface area (Å²) >= 11 is 0. The first-order chi connectivity index (χ1) is 9.43. The number of nitrogens with one attached hydrogen (secondary N) is 1. The van der Waals surface area contributed by atoms with Crippen molar-refractivity contribution in [3.8, 4) is 0 Å². The van der Waals surface area contributed by atoms with Crippen LogP contribution in [0.4, 0.5) is 14.5 Å². The molecular weight excluding hydrogens is 262 g/mol. The van der Waals surface area contributed by atoms with Gasteiger partial charge in [-0.2, -0.15) is 0 Å². The van der Waals surface area contributed by atoms with Crippen LogP contribution in [0.2, 0.25) is 0 Å². The summed E-state index contributed by atoms with van der Waals surface area (Å²) in [6, 6.07) is 11.7. The second-order valence-corrected chi connectivity index (χ2v) is 4.60. The van der Waals surface area contributed by atoms with Gasteiger partial charge in [-0.25, -0.2) is 8.78 Å². The van der Waals surface area contributed by atoms with Gasteiger partial charge in [0, 0.05) is 11.3 Å². The topological polar surface area (TPSA) is 55.1 Å². The van der Waals surface area contributed by atoms with E-state index in [4.69, 9.17) is 5.73 Å². The van der Waals surface area contributed by atoms with Crippen LogP contribution in [0.3, 0.4) is 0 Å². The van der Waals surface area contributed by atoms with Crippen LogP contribution < -0.4 is 11.1 Å². The van der Waals surface area contributed by atoms with Crippen molar-refractivity contribution >= 4 is 11.6 Å².